The summed E-state index contributed by atoms with van der Waals surface area (Å²) < 4.78 is 5.17. The molecule has 112 valence electrons. The summed E-state index contributed by atoms with van der Waals surface area (Å²) in [5, 5.41) is 8.59. The van der Waals surface area contributed by atoms with Crippen molar-refractivity contribution in [3.63, 3.8) is 0 Å². The molecule has 0 amide bonds. The van der Waals surface area contributed by atoms with Crippen molar-refractivity contribution in [2.24, 2.45) is 5.92 Å². The van der Waals surface area contributed by atoms with Gasteiger partial charge in [-0.1, -0.05) is 46.2 Å². The Labute approximate surface area is 122 Å². The first-order valence-corrected chi connectivity index (χ1v) is 7.32. The summed E-state index contributed by atoms with van der Waals surface area (Å²) in [5.41, 5.74) is 1.47. The van der Waals surface area contributed by atoms with E-state index < -0.39 is 5.97 Å². The number of rotatable bonds is 8. The highest BCUT2D eigenvalue weighted by Crippen LogP contribution is 2.34. The van der Waals surface area contributed by atoms with Crippen LogP contribution in [0, 0.1) is 5.92 Å². The van der Waals surface area contributed by atoms with Crippen molar-refractivity contribution in [2.75, 3.05) is 6.61 Å². The minimum Gasteiger partial charge on any atom is -0.482 e. The first-order chi connectivity index (χ1) is 9.37. The summed E-state index contributed by atoms with van der Waals surface area (Å²) in [4.78, 5) is 10.5. The van der Waals surface area contributed by atoms with Crippen LogP contribution < -0.4 is 4.74 Å². The average molecular weight is 278 g/mol. The molecule has 0 spiro atoms. The predicted octanol–water partition coefficient (Wildman–Crippen LogP) is 4.25. The van der Waals surface area contributed by atoms with Crippen LogP contribution in [-0.2, 0) is 10.2 Å². The zero-order chi connectivity index (χ0) is 15.2. The molecule has 0 aliphatic carbocycles. The SMILES string of the molecule is CCC(C)(CCC(C)C)c1ccc(OCC(=O)O)cc1. The molecular weight excluding hydrogens is 252 g/mol. The summed E-state index contributed by atoms with van der Waals surface area (Å²) >= 11 is 0. The third-order valence-corrected chi connectivity index (χ3v) is 3.97. The maximum Gasteiger partial charge on any atom is 0.341 e. The number of carbonyl (C=O) groups is 1. The van der Waals surface area contributed by atoms with E-state index in [4.69, 9.17) is 9.84 Å². The Morgan fingerprint density at radius 3 is 2.35 bits per heavy atom. The Kier molecular flexibility index (Phi) is 6.05. The minimum atomic E-state index is -0.954. The van der Waals surface area contributed by atoms with Crippen LogP contribution in [0.1, 0.15) is 52.5 Å². The molecule has 1 unspecified atom stereocenters. The summed E-state index contributed by atoms with van der Waals surface area (Å²) in [6.45, 7) is 8.72. The molecule has 1 rings (SSSR count). The van der Waals surface area contributed by atoms with E-state index >= 15 is 0 Å². The highest BCUT2D eigenvalue weighted by Gasteiger charge is 2.24. The smallest absolute Gasteiger partial charge is 0.341 e. The number of ether oxygens (including phenoxy) is 1. The van der Waals surface area contributed by atoms with Gasteiger partial charge in [-0.3, -0.25) is 0 Å². The summed E-state index contributed by atoms with van der Waals surface area (Å²) in [6.07, 6.45) is 3.47. The number of hydrogen-bond donors (Lipinski definition) is 1. The molecule has 0 saturated heterocycles. The lowest BCUT2D eigenvalue weighted by Gasteiger charge is -2.30. The third kappa shape index (κ3) is 4.87. The first-order valence-electron chi connectivity index (χ1n) is 7.32. The Hall–Kier alpha value is -1.51. The van der Waals surface area contributed by atoms with Crippen LogP contribution >= 0.6 is 0 Å². The molecule has 1 N–H and O–H groups in total. The van der Waals surface area contributed by atoms with E-state index in [9.17, 15) is 4.79 Å². The van der Waals surface area contributed by atoms with Crippen molar-refractivity contribution < 1.29 is 14.6 Å². The van der Waals surface area contributed by atoms with Gasteiger partial charge in [-0.15, -0.1) is 0 Å². The van der Waals surface area contributed by atoms with Gasteiger partial charge >= 0.3 is 5.97 Å². The lowest BCUT2D eigenvalue weighted by atomic mass is 9.75. The number of aliphatic carboxylic acids is 1. The molecule has 1 aromatic rings. The molecule has 0 fully saturated rings. The normalized spacial score (nSPS) is 14.1. The Bertz CT molecular complexity index is 422. The van der Waals surface area contributed by atoms with Gasteiger partial charge < -0.3 is 9.84 Å². The number of carboxylic acid groups (broad SMARTS) is 1. The third-order valence-electron chi connectivity index (χ3n) is 3.97. The average Bonchev–Trinajstić information content (AvgIpc) is 2.43. The van der Waals surface area contributed by atoms with Crippen molar-refractivity contribution in [1.29, 1.82) is 0 Å². The van der Waals surface area contributed by atoms with Gasteiger partial charge in [0.15, 0.2) is 6.61 Å². The lowest BCUT2D eigenvalue weighted by molar-refractivity contribution is -0.139. The van der Waals surface area contributed by atoms with Crippen LogP contribution in [-0.4, -0.2) is 17.7 Å². The van der Waals surface area contributed by atoms with Crippen LogP contribution in [0.25, 0.3) is 0 Å². The summed E-state index contributed by atoms with van der Waals surface area (Å²) in [7, 11) is 0. The van der Waals surface area contributed by atoms with E-state index in [0.29, 0.717) is 11.7 Å². The maximum absolute atomic E-state index is 10.5. The molecule has 1 atom stereocenters. The number of hydrogen-bond acceptors (Lipinski definition) is 2. The molecule has 0 radical (unpaired) electrons. The van der Waals surface area contributed by atoms with Crippen molar-refractivity contribution >= 4 is 5.97 Å². The lowest BCUT2D eigenvalue weighted by Crippen LogP contribution is -2.21. The Morgan fingerprint density at radius 2 is 1.90 bits per heavy atom. The van der Waals surface area contributed by atoms with Gasteiger partial charge in [-0.25, -0.2) is 4.79 Å². The van der Waals surface area contributed by atoms with Gasteiger partial charge in [-0.05, 0) is 41.9 Å². The number of carboxylic acids is 1. The highest BCUT2D eigenvalue weighted by atomic mass is 16.5. The maximum atomic E-state index is 10.5. The van der Waals surface area contributed by atoms with Crippen molar-refractivity contribution in [2.45, 2.75) is 52.4 Å². The van der Waals surface area contributed by atoms with Crippen LogP contribution in [0.15, 0.2) is 24.3 Å². The van der Waals surface area contributed by atoms with E-state index in [1.165, 1.54) is 12.0 Å². The fraction of sp³-hybridized carbons (Fsp3) is 0.588. The zero-order valence-electron chi connectivity index (χ0n) is 13.0. The fourth-order valence-corrected chi connectivity index (χ4v) is 2.23. The Morgan fingerprint density at radius 1 is 1.30 bits per heavy atom. The van der Waals surface area contributed by atoms with Gasteiger partial charge in [-0.2, -0.15) is 0 Å². The molecule has 3 heteroatoms. The van der Waals surface area contributed by atoms with Crippen LogP contribution in [0.3, 0.4) is 0 Å². The van der Waals surface area contributed by atoms with Crippen molar-refractivity contribution in [3.8, 4) is 5.75 Å². The van der Waals surface area contributed by atoms with Crippen molar-refractivity contribution in [1.82, 2.24) is 0 Å². The molecule has 0 bridgehead atoms. The molecular formula is C17H26O3. The van der Waals surface area contributed by atoms with Crippen LogP contribution in [0.5, 0.6) is 5.75 Å². The van der Waals surface area contributed by atoms with E-state index in [1.807, 2.05) is 12.1 Å². The number of benzene rings is 1. The van der Waals surface area contributed by atoms with E-state index in [-0.39, 0.29) is 12.0 Å². The van der Waals surface area contributed by atoms with Gasteiger partial charge in [0.05, 0.1) is 0 Å². The van der Waals surface area contributed by atoms with Crippen LogP contribution in [0.2, 0.25) is 0 Å². The van der Waals surface area contributed by atoms with Crippen LogP contribution in [0.4, 0.5) is 0 Å². The van der Waals surface area contributed by atoms with E-state index in [0.717, 1.165) is 12.8 Å². The van der Waals surface area contributed by atoms with Gasteiger partial charge in [0.25, 0.3) is 0 Å². The zero-order valence-corrected chi connectivity index (χ0v) is 13.0. The standard InChI is InChI=1S/C17H26O3/c1-5-17(4,11-10-13(2)3)14-6-8-15(9-7-14)20-12-16(18)19/h6-9,13H,5,10-12H2,1-4H3,(H,18,19). The molecule has 20 heavy (non-hydrogen) atoms. The fourth-order valence-electron chi connectivity index (χ4n) is 2.23. The van der Waals surface area contributed by atoms with E-state index in [1.54, 1.807) is 0 Å². The summed E-state index contributed by atoms with van der Waals surface area (Å²) in [6, 6.07) is 7.84. The van der Waals surface area contributed by atoms with Gasteiger partial charge in [0.2, 0.25) is 0 Å². The minimum absolute atomic E-state index is 0.176. The monoisotopic (exact) mass is 278 g/mol. The Balaban J connectivity index is 2.75. The largest absolute Gasteiger partial charge is 0.482 e. The second-order valence-corrected chi connectivity index (χ2v) is 6.05. The molecule has 0 aliphatic rings. The second kappa shape index (κ2) is 7.32. The topological polar surface area (TPSA) is 46.5 Å². The van der Waals surface area contributed by atoms with E-state index in [2.05, 4.69) is 39.8 Å². The first kappa shape index (κ1) is 16.5. The molecule has 0 saturated carbocycles. The molecule has 0 aliphatic heterocycles. The van der Waals surface area contributed by atoms with Gasteiger partial charge in [0.1, 0.15) is 5.75 Å². The molecule has 1 aromatic carbocycles. The molecule has 0 aromatic heterocycles. The predicted molar refractivity (Wildman–Crippen MR) is 81.3 cm³/mol. The second-order valence-electron chi connectivity index (χ2n) is 6.05. The van der Waals surface area contributed by atoms with Gasteiger partial charge in [0, 0.05) is 0 Å². The quantitative estimate of drug-likeness (QED) is 0.773. The van der Waals surface area contributed by atoms with Crippen molar-refractivity contribution in [3.05, 3.63) is 29.8 Å². The summed E-state index contributed by atoms with van der Waals surface area (Å²) in [5.74, 6) is 0.363. The molecule has 0 heterocycles. The molecule has 3 nitrogen and oxygen atoms in total. The highest BCUT2D eigenvalue weighted by molar-refractivity contribution is 5.68.